The zero-order valence-corrected chi connectivity index (χ0v) is 25.9. The van der Waals surface area contributed by atoms with Gasteiger partial charge in [0.05, 0.1) is 13.2 Å². The topological polar surface area (TPSA) is 59.1 Å². The van der Waals surface area contributed by atoms with Crippen LogP contribution in [-0.4, -0.2) is 72.2 Å². The van der Waals surface area contributed by atoms with Gasteiger partial charge in [0.1, 0.15) is 11.1 Å². The first-order valence-corrected chi connectivity index (χ1v) is 14.5. The van der Waals surface area contributed by atoms with Crippen molar-refractivity contribution in [2.24, 2.45) is 23.7 Å². The highest BCUT2D eigenvalue weighted by Crippen LogP contribution is 2.39. The molecule has 0 aromatic heterocycles. The van der Waals surface area contributed by atoms with Crippen molar-refractivity contribution in [2.45, 2.75) is 120 Å². The molecule has 0 rings (SSSR count). The van der Waals surface area contributed by atoms with Gasteiger partial charge in [0.2, 0.25) is 0 Å². The molecule has 0 saturated carbocycles. The Morgan fingerprint density at radius 2 is 0.833 bits per heavy atom. The average molecular weight is 513 g/mol. The summed E-state index contributed by atoms with van der Waals surface area (Å²) in [6, 6.07) is 0. The monoisotopic (exact) mass is 512 g/mol. The number of unbranched alkanes of at least 4 members (excludes halogenated alkanes) is 2. The fourth-order valence-electron chi connectivity index (χ4n) is 4.81. The fraction of sp³-hybridized carbons (Fsp3) is 0.933. The highest BCUT2D eigenvalue weighted by molar-refractivity contribution is 5.94. The van der Waals surface area contributed by atoms with Crippen molar-refractivity contribution in [1.82, 2.24) is 9.80 Å². The van der Waals surface area contributed by atoms with Crippen LogP contribution in [0.4, 0.5) is 0 Å². The number of rotatable bonds is 19. The number of ether oxygens (including phenoxy) is 2. The smallest absolute Gasteiger partial charge is 0.328 e. The van der Waals surface area contributed by atoms with Crippen LogP contribution in [0.2, 0.25) is 0 Å². The Hall–Kier alpha value is -1.14. The van der Waals surface area contributed by atoms with Gasteiger partial charge in [-0.1, -0.05) is 82.1 Å². The van der Waals surface area contributed by atoms with Gasteiger partial charge in [0.25, 0.3) is 0 Å². The van der Waals surface area contributed by atoms with E-state index in [1.54, 1.807) is 0 Å². The molecule has 2 unspecified atom stereocenters. The van der Waals surface area contributed by atoms with Gasteiger partial charge in [-0.2, -0.15) is 0 Å². The SMILES string of the molecule is CCCCOC(=O)C(C)(N(CC(C)C)CC(C)C)C(C)(C(=O)OCCCC)N(CC(C)C)CC(C)C. The van der Waals surface area contributed by atoms with E-state index < -0.39 is 11.1 Å². The van der Waals surface area contributed by atoms with Crippen molar-refractivity contribution in [1.29, 1.82) is 0 Å². The van der Waals surface area contributed by atoms with Gasteiger partial charge in [-0.25, -0.2) is 9.59 Å². The largest absolute Gasteiger partial charge is 0.464 e. The molecule has 6 nitrogen and oxygen atoms in total. The molecule has 0 aromatic carbocycles. The zero-order valence-electron chi connectivity index (χ0n) is 25.9. The molecule has 0 aliphatic carbocycles. The number of hydrogen-bond acceptors (Lipinski definition) is 6. The minimum Gasteiger partial charge on any atom is -0.464 e. The Labute approximate surface area is 223 Å². The molecule has 0 fully saturated rings. The van der Waals surface area contributed by atoms with Crippen LogP contribution in [0.1, 0.15) is 109 Å². The lowest BCUT2D eigenvalue weighted by atomic mass is 9.74. The predicted molar refractivity (Wildman–Crippen MR) is 151 cm³/mol. The second-order valence-electron chi connectivity index (χ2n) is 12.5. The third kappa shape index (κ3) is 9.96. The molecule has 0 amide bonds. The highest BCUT2D eigenvalue weighted by Gasteiger charge is 2.63. The molecule has 214 valence electrons. The summed E-state index contributed by atoms with van der Waals surface area (Å²) in [6.45, 7) is 28.8. The van der Waals surface area contributed by atoms with Gasteiger partial charge in [-0.3, -0.25) is 9.80 Å². The summed E-state index contributed by atoms with van der Waals surface area (Å²) in [5.74, 6) is 0.603. The first kappa shape index (κ1) is 34.9. The molecule has 0 aliphatic rings. The third-order valence-corrected chi connectivity index (χ3v) is 6.81. The fourth-order valence-corrected chi connectivity index (χ4v) is 4.81. The first-order valence-electron chi connectivity index (χ1n) is 14.5. The van der Waals surface area contributed by atoms with Crippen LogP contribution in [0.3, 0.4) is 0 Å². The average Bonchev–Trinajstić information content (AvgIpc) is 2.75. The lowest BCUT2D eigenvalue weighted by Crippen LogP contribution is -2.76. The van der Waals surface area contributed by atoms with Crippen molar-refractivity contribution >= 4 is 11.9 Å². The maximum Gasteiger partial charge on any atom is 0.328 e. The van der Waals surface area contributed by atoms with E-state index in [1.807, 2.05) is 13.8 Å². The van der Waals surface area contributed by atoms with E-state index in [9.17, 15) is 9.59 Å². The van der Waals surface area contributed by atoms with Crippen LogP contribution in [-0.2, 0) is 19.1 Å². The van der Waals surface area contributed by atoms with Crippen molar-refractivity contribution in [2.75, 3.05) is 39.4 Å². The molecular formula is C30H60N2O4. The molecule has 2 atom stereocenters. The summed E-state index contributed by atoms with van der Waals surface area (Å²) >= 11 is 0. The summed E-state index contributed by atoms with van der Waals surface area (Å²) in [7, 11) is 0. The second-order valence-corrected chi connectivity index (χ2v) is 12.5. The zero-order chi connectivity index (χ0) is 28.1. The maximum absolute atomic E-state index is 14.2. The molecule has 0 aromatic rings. The normalized spacial score (nSPS) is 15.7. The maximum atomic E-state index is 14.2. The summed E-state index contributed by atoms with van der Waals surface area (Å²) < 4.78 is 11.9. The number of hydrogen-bond donors (Lipinski definition) is 0. The van der Waals surface area contributed by atoms with Crippen LogP contribution < -0.4 is 0 Å². The molecule has 0 N–H and O–H groups in total. The molecule has 0 saturated heterocycles. The van der Waals surface area contributed by atoms with Crippen LogP contribution in [0.5, 0.6) is 0 Å². The molecule has 6 heteroatoms. The molecule has 0 spiro atoms. The summed E-state index contributed by atoms with van der Waals surface area (Å²) in [4.78, 5) is 32.8. The number of carbonyl (C=O) groups excluding carboxylic acids is 2. The van der Waals surface area contributed by atoms with Crippen LogP contribution >= 0.6 is 0 Å². The van der Waals surface area contributed by atoms with Crippen molar-refractivity contribution < 1.29 is 19.1 Å². The molecule has 36 heavy (non-hydrogen) atoms. The first-order chi connectivity index (χ1) is 16.7. The molecule has 0 heterocycles. The van der Waals surface area contributed by atoms with E-state index in [0.717, 1.165) is 25.7 Å². The van der Waals surface area contributed by atoms with Crippen LogP contribution in [0, 0.1) is 23.7 Å². The van der Waals surface area contributed by atoms with Gasteiger partial charge in [-0.15, -0.1) is 0 Å². The van der Waals surface area contributed by atoms with E-state index in [1.165, 1.54) is 0 Å². The third-order valence-electron chi connectivity index (χ3n) is 6.81. The number of carbonyl (C=O) groups is 2. The van der Waals surface area contributed by atoms with Crippen LogP contribution in [0.15, 0.2) is 0 Å². The second kappa shape index (κ2) is 16.7. The Bertz CT molecular complexity index is 560. The van der Waals surface area contributed by atoms with E-state index in [0.29, 0.717) is 63.1 Å². The Morgan fingerprint density at radius 1 is 0.583 bits per heavy atom. The molecule has 0 bridgehead atoms. The summed E-state index contributed by atoms with van der Waals surface area (Å²) in [6.07, 6.45) is 3.48. The van der Waals surface area contributed by atoms with Crippen molar-refractivity contribution in [3.05, 3.63) is 0 Å². The van der Waals surface area contributed by atoms with E-state index in [2.05, 4.69) is 79.0 Å². The standard InChI is InChI=1S/C30H60N2O4/c1-13-15-17-35-27(33)29(11,31(19-23(3)4)20-24(5)6)30(12,28(34)36-18-16-14-2)32(21-25(7)8)22-26(9)10/h23-26H,13-22H2,1-12H3. The van der Waals surface area contributed by atoms with E-state index in [4.69, 9.17) is 9.47 Å². The lowest BCUT2D eigenvalue weighted by Gasteiger charge is -2.55. The quantitative estimate of drug-likeness (QED) is 0.147. The minimum absolute atomic E-state index is 0.315. The predicted octanol–water partition coefficient (Wildman–Crippen LogP) is 6.42. The summed E-state index contributed by atoms with van der Waals surface area (Å²) in [5, 5.41) is 0. The van der Waals surface area contributed by atoms with Gasteiger partial charge >= 0.3 is 11.9 Å². The molecule has 0 aliphatic heterocycles. The Morgan fingerprint density at radius 3 is 1.03 bits per heavy atom. The van der Waals surface area contributed by atoms with Gasteiger partial charge in [0, 0.05) is 26.2 Å². The number of nitrogens with zero attached hydrogens (tertiary/aromatic N) is 2. The summed E-state index contributed by atoms with van der Waals surface area (Å²) in [5.41, 5.74) is -2.44. The van der Waals surface area contributed by atoms with Gasteiger partial charge in [0.15, 0.2) is 0 Å². The minimum atomic E-state index is -1.22. The molecular weight excluding hydrogens is 452 g/mol. The highest BCUT2D eigenvalue weighted by atomic mass is 16.5. The van der Waals surface area contributed by atoms with Gasteiger partial charge in [-0.05, 0) is 50.4 Å². The van der Waals surface area contributed by atoms with Gasteiger partial charge < -0.3 is 9.47 Å². The Balaban J connectivity index is 7.13. The van der Waals surface area contributed by atoms with Crippen molar-refractivity contribution in [3.63, 3.8) is 0 Å². The van der Waals surface area contributed by atoms with Crippen LogP contribution in [0.25, 0.3) is 0 Å². The van der Waals surface area contributed by atoms with E-state index >= 15 is 0 Å². The number of esters is 2. The van der Waals surface area contributed by atoms with E-state index in [-0.39, 0.29) is 11.9 Å². The Kier molecular flexibility index (Phi) is 16.1. The lowest BCUT2D eigenvalue weighted by molar-refractivity contribution is -0.189. The van der Waals surface area contributed by atoms with Crippen molar-refractivity contribution in [3.8, 4) is 0 Å². The molecule has 0 radical (unpaired) electrons.